The minimum absolute atomic E-state index is 0.105. The van der Waals surface area contributed by atoms with Gasteiger partial charge in [-0.3, -0.25) is 4.79 Å². The van der Waals surface area contributed by atoms with Crippen molar-refractivity contribution < 1.29 is 4.79 Å². The van der Waals surface area contributed by atoms with Crippen LogP contribution in [0.4, 0.5) is 0 Å². The van der Waals surface area contributed by atoms with Gasteiger partial charge in [0.15, 0.2) is 0 Å². The maximum atomic E-state index is 10.8. The number of carbonyl (C=O) groups is 1. The van der Waals surface area contributed by atoms with E-state index in [4.69, 9.17) is 5.73 Å². The lowest BCUT2D eigenvalue weighted by molar-refractivity contribution is -0.118. The molecule has 0 bridgehead atoms. The summed E-state index contributed by atoms with van der Waals surface area (Å²) in [7, 11) is 0. The summed E-state index contributed by atoms with van der Waals surface area (Å²) in [5.41, 5.74) is 5.60. The van der Waals surface area contributed by atoms with Crippen LogP contribution < -0.4 is 5.73 Å². The molecule has 66 valence electrons. The Kier molecular flexibility index (Phi) is 5.12. The van der Waals surface area contributed by atoms with Crippen molar-refractivity contribution in [3.8, 4) is 0 Å². The van der Waals surface area contributed by atoms with Gasteiger partial charge in [0, 0.05) is 0 Å². The molecule has 0 amide bonds. The molecule has 2 atom stereocenters. The highest BCUT2D eigenvalue weighted by Gasteiger charge is 2.11. The zero-order valence-corrected chi connectivity index (χ0v) is 7.76. The van der Waals surface area contributed by atoms with E-state index in [-0.39, 0.29) is 11.8 Å². The summed E-state index contributed by atoms with van der Waals surface area (Å²) in [6.07, 6.45) is 3.18. The van der Waals surface area contributed by atoms with Crippen LogP contribution >= 0.6 is 0 Å². The molecular formula is C9H19NO. The third kappa shape index (κ3) is 4.96. The van der Waals surface area contributed by atoms with Crippen molar-refractivity contribution in [1.82, 2.24) is 0 Å². The van der Waals surface area contributed by atoms with Crippen LogP contribution in [0.25, 0.3) is 0 Å². The predicted octanol–water partition coefficient (Wildman–Crippen LogP) is 1.73. The SMILES string of the molecule is CCC[C@H](C)C[C@H](N)C(C)=O. The summed E-state index contributed by atoms with van der Waals surface area (Å²) in [5, 5.41) is 0. The molecule has 2 N–H and O–H groups in total. The molecule has 11 heavy (non-hydrogen) atoms. The van der Waals surface area contributed by atoms with Crippen molar-refractivity contribution >= 4 is 5.78 Å². The molecule has 0 saturated carbocycles. The molecule has 0 aromatic carbocycles. The van der Waals surface area contributed by atoms with Gasteiger partial charge in [0.05, 0.1) is 6.04 Å². The molecule has 0 heterocycles. The van der Waals surface area contributed by atoms with Crippen molar-refractivity contribution in [3.63, 3.8) is 0 Å². The minimum atomic E-state index is -0.239. The Morgan fingerprint density at radius 3 is 2.45 bits per heavy atom. The van der Waals surface area contributed by atoms with Gasteiger partial charge < -0.3 is 5.73 Å². The third-order valence-corrected chi connectivity index (χ3v) is 1.96. The van der Waals surface area contributed by atoms with Crippen LogP contribution in [-0.4, -0.2) is 11.8 Å². The molecule has 0 aromatic heterocycles. The normalized spacial score (nSPS) is 16.0. The first-order valence-corrected chi connectivity index (χ1v) is 4.34. The fourth-order valence-electron chi connectivity index (χ4n) is 1.21. The zero-order chi connectivity index (χ0) is 8.85. The molecule has 0 spiro atoms. The fraction of sp³-hybridized carbons (Fsp3) is 0.889. The molecule has 0 aliphatic carbocycles. The molecule has 0 unspecified atom stereocenters. The Bertz CT molecular complexity index is 123. The summed E-state index contributed by atoms with van der Waals surface area (Å²) in [6.45, 7) is 5.85. The highest BCUT2D eigenvalue weighted by molar-refractivity contribution is 5.81. The lowest BCUT2D eigenvalue weighted by atomic mass is 9.96. The lowest BCUT2D eigenvalue weighted by Crippen LogP contribution is -2.30. The largest absolute Gasteiger partial charge is 0.322 e. The van der Waals surface area contributed by atoms with Gasteiger partial charge in [-0.25, -0.2) is 0 Å². The molecule has 0 rings (SSSR count). The van der Waals surface area contributed by atoms with Gasteiger partial charge in [0.25, 0.3) is 0 Å². The first-order valence-electron chi connectivity index (χ1n) is 4.34. The second kappa shape index (κ2) is 5.30. The standard InChI is InChI=1S/C9H19NO/c1-4-5-7(2)6-9(10)8(3)11/h7,9H,4-6,10H2,1-3H3/t7-,9-/m0/s1. The third-order valence-electron chi connectivity index (χ3n) is 1.96. The van der Waals surface area contributed by atoms with E-state index >= 15 is 0 Å². The number of Topliss-reactive ketones (excluding diaryl/α,β-unsaturated/α-hetero) is 1. The average molecular weight is 157 g/mol. The summed E-state index contributed by atoms with van der Waals surface area (Å²) in [5.74, 6) is 0.687. The summed E-state index contributed by atoms with van der Waals surface area (Å²) >= 11 is 0. The number of rotatable bonds is 5. The van der Waals surface area contributed by atoms with Crippen LogP contribution in [0, 0.1) is 5.92 Å². The second-order valence-electron chi connectivity index (χ2n) is 3.35. The van der Waals surface area contributed by atoms with Gasteiger partial charge >= 0.3 is 0 Å². The number of nitrogens with two attached hydrogens (primary N) is 1. The minimum Gasteiger partial charge on any atom is -0.322 e. The van der Waals surface area contributed by atoms with E-state index in [1.54, 1.807) is 6.92 Å². The second-order valence-corrected chi connectivity index (χ2v) is 3.35. The summed E-state index contributed by atoms with van der Waals surface area (Å²) in [6, 6.07) is -0.239. The maximum Gasteiger partial charge on any atom is 0.146 e. The van der Waals surface area contributed by atoms with Crippen molar-refractivity contribution in [3.05, 3.63) is 0 Å². The molecule has 0 aliphatic heterocycles. The molecule has 2 nitrogen and oxygen atoms in total. The van der Waals surface area contributed by atoms with Gasteiger partial charge in [0.1, 0.15) is 5.78 Å². The van der Waals surface area contributed by atoms with Crippen LogP contribution in [-0.2, 0) is 4.79 Å². The molecule has 0 fully saturated rings. The number of hydrogen-bond acceptors (Lipinski definition) is 2. The highest BCUT2D eigenvalue weighted by Crippen LogP contribution is 2.11. The van der Waals surface area contributed by atoms with E-state index in [1.807, 2.05) is 0 Å². The van der Waals surface area contributed by atoms with Crippen LogP contribution in [0.2, 0.25) is 0 Å². The molecule has 2 heteroatoms. The fourth-order valence-corrected chi connectivity index (χ4v) is 1.21. The lowest BCUT2D eigenvalue weighted by Gasteiger charge is -2.13. The van der Waals surface area contributed by atoms with E-state index < -0.39 is 0 Å². The molecule has 0 aliphatic rings. The van der Waals surface area contributed by atoms with Gasteiger partial charge in [0.2, 0.25) is 0 Å². The number of carbonyl (C=O) groups excluding carboxylic acids is 1. The van der Waals surface area contributed by atoms with E-state index in [1.165, 1.54) is 12.8 Å². The smallest absolute Gasteiger partial charge is 0.146 e. The first kappa shape index (κ1) is 10.6. The van der Waals surface area contributed by atoms with E-state index in [0.717, 1.165) is 6.42 Å². The molecule has 0 radical (unpaired) electrons. The van der Waals surface area contributed by atoms with Gasteiger partial charge in [-0.05, 0) is 19.3 Å². The zero-order valence-electron chi connectivity index (χ0n) is 7.76. The molecular weight excluding hydrogens is 138 g/mol. The van der Waals surface area contributed by atoms with Crippen LogP contribution in [0.15, 0.2) is 0 Å². The topological polar surface area (TPSA) is 43.1 Å². The summed E-state index contributed by atoms with van der Waals surface area (Å²) < 4.78 is 0. The van der Waals surface area contributed by atoms with E-state index in [0.29, 0.717) is 5.92 Å². The Labute approximate surface area is 69.2 Å². The Morgan fingerprint density at radius 1 is 1.55 bits per heavy atom. The Hall–Kier alpha value is -0.370. The summed E-state index contributed by atoms with van der Waals surface area (Å²) in [4.78, 5) is 10.8. The van der Waals surface area contributed by atoms with Crippen molar-refractivity contribution in [2.75, 3.05) is 0 Å². The van der Waals surface area contributed by atoms with Gasteiger partial charge in [-0.15, -0.1) is 0 Å². The number of ketones is 1. The first-order chi connectivity index (χ1) is 5.07. The molecule has 0 aromatic rings. The number of hydrogen-bond donors (Lipinski definition) is 1. The van der Waals surface area contributed by atoms with Gasteiger partial charge in [-0.2, -0.15) is 0 Å². The Morgan fingerprint density at radius 2 is 2.09 bits per heavy atom. The average Bonchev–Trinajstić information content (AvgIpc) is 1.87. The monoisotopic (exact) mass is 157 g/mol. The van der Waals surface area contributed by atoms with Crippen LogP contribution in [0.1, 0.15) is 40.0 Å². The Balaban J connectivity index is 3.56. The van der Waals surface area contributed by atoms with Crippen LogP contribution in [0.5, 0.6) is 0 Å². The quantitative estimate of drug-likeness (QED) is 0.660. The van der Waals surface area contributed by atoms with Gasteiger partial charge in [-0.1, -0.05) is 26.7 Å². The predicted molar refractivity (Wildman–Crippen MR) is 47.3 cm³/mol. The maximum absolute atomic E-state index is 10.8. The van der Waals surface area contributed by atoms with E-state index in [9.17, 15) is 4.79 Å². The van der Waals surface area contributed by atoms with Crippen molar-refractivity contribution in [2.24, 2.45) is 11.7 Å². The van der Waals surface area contributed by atoms with Crippen LogP contribution in [0.3, 0.4) is 0 Å². The molecule has 0 saturated heterocycles. The van der Waals surface area contributed by atoms with E-state index in [2.05, 4.69) is 13.8 Å². The van der Waals surface area contributed by atoms with Crippen molar-refractivity contribution in [1.29, 1.82) is 0 Å². The highest BCUT2D eigenvalue weighted by atomic mass is 16.1. The van der Waals surface area contributed by atoms with Crippen molar-refractivity contribution in [2.45, 2.75) is 46.1 Å².